The first-order chi connectivity index (χ1) is 21.8. The fraction of sp³-hybridized carbons (Fsp3) is 0.476. The van der Waals surface area contributed by atoms with Crippen molar-refractivity contribution in [3.05, 3.63) is 134 Å². The molecule has 0 saturated heterocycles. The van der Waals surface area contributed by atoms with E-state index in [9.17, 15) is 0 Å². The molecular formula is C42H66O2. The Morgan fingerprint density at radius 2 is 0.500 bits per heavy atom. The molecule has 2 nitrogen and oxygen atoms in total. The Morgan fingerprint density at radius 3 is 0.750 bits per heavy atom. The summed E-state index contributed by atoms with van der Waals surface area (Å²) >= 11 is 0. The van der Waals surface area contributed by atoms with Gasteiger partial charge in [0.05, 0.1) is 0 Å². The third-order valence-corrected chi connectivity index (χ3v) is 6.06. The van der Waals surface area contributed by atoms with E-state index in [0.717, 1.165) is 103 Å². The fourth-order valence-corrected chi connectivity index (χ4v) is 3.59. The van der Waals surface area contributed by atoms with Gasteiger partial charge in [-0.2, -0.15) is 0 Å². The van der Waals surface area contributed by atoms with E-state index in [1.54, 1.807) is 0 Å². The van der Waals surface area contributed by atoms with E-state index < -0.39 is 0 Å². The number of allylic oxidation sites excluding steroid dienone is 22. The van der Waals surface area contributed by atoms with Gasteiger partial charge in [0.1, 0.15) is 0 Å². The highest BCUT2D eigenvalue weighted by molar-refractivity contribution is 5.02. The third kappa shape index (κ3) is 46.0. The highest BCUT2D eigenvalue weighted by Crippen LogP contribution is 1.99. The summed E-state index contributed by atoms with van der Waals surface area (Å²) in [5, 5.41) is 17.3. The standard InChI is InChI=1S/C22H34O.C20H32O/c1-2-3-4-5-6-7-8-9-10-11-12-13-14-15-16-17-18-19-20-21-22-23;1-2-3-4-5-6-7-8-9-10-11-12-13-14-15-16-17-18-19-20-21/h3-4,6-7,9-10,12-13,15-16,18-19,23H,2,5,8,11,14,17,20-22H2,1H3;3-4,6-7,9-10,12-13,15-16,21H,2,5,8,11,14,17-20H2,1H3/b4-3-,7-6-,10-9-,13-12-,16-15-,19-18-;4-3+,7-6+,10-9+,13-12+,16-15+. The maximum atomic E-state index is 8.64. The van der Waals surface area contributed by atoms with Gasteiger partial charge in [-0.15, -0.1) is 0 Å². The highest BCUT2D eigenvalue weighted by Gasteiger charge is 1.82. The minimum absolute atomic E-state index is 0.284. The van der Waals surface area contributed by atoms with E-state index in [1.807, 2.05) is 0 Å². The van der Waals surface area contributed by atoms with Crippen LogP contribution in [0.15, 0.2) is 134 Å². The molecule has 0 saturated carbocycles. The molecular weight excluding hydrogens is 536 g/mol. The van der Waals surface area contributed by atoms with Gasteiger partial charge < -0.3 is 10.2 Å². The molecule has 0 aliphatic carbocycles. The van der Waals surface area contributed by atoms with E-state index in [4.69, 9.17) is 10.2 Å². The Morgan fingerprint density at radius 1 is 0.273 bits per heavy atom. The lowest BCUT2D eigenvalue weighted by Crippen LogP contribution is -1.79. The highest BCUT2D eigenvalue weighted by atomic mass is 16.3. The van der Waals surface area contributed by atoms with Gasteiger partial charge in [0.25, 0.3) is 0 Å². The van der Waals surface area contributed by atoms with Crippen LogP contribution in [-0.2, 0) is 0 Å². The molecule has 0 aliphatic heterocycles. The largest absolute Gasteiger partial charge is 0.396 e. The van der Waals surface area contributed by atoms with Crippen molar-refractivity contribution >= 4 is 0 Å². The van der Waals surface area contributed by atoms with E-state index in [1.165, 1.54) is 0 Å². The Bertz CT molecular complexity index is 871. The van der Waals surface area contributed by atoms with Gasteiger partial charge in [0.2, 0.25) is 0 Å². The monoisotopic (exact) mass is 603 g/mol. The summed E-state index contributed by atoms with van der Waals surface area (Å²) in [6.07, 6.45) is 64.8. The number of rotatable bonds is 27. The molecule has 2 N–H and O–H groups in total. The van der Waals surface area contributed by atoms with Crippen molar-refractivity contribution in [3.8, 4) is 0 Å². The first-order valence-corrected chi connectivity index (χ1v) is 17.2. The van der Waals surface area contributed by atoms with Gasteiger partial charge in [0, 0.05) is 13.2 Å². The van der Waals surface area contributed by atoms with Crippen molar-refractivity contribution in [2.75, 3.05) is 13.2 Å². The lowest BCUT2D eigenvalue weighted by Gasteiger charge is -1.90. The van der Waals surface area contributed by atoms with E-state index in [2.05, 4.69) is 148 Å². The van der Waals surface area contributed by atoms with Crippen LogP contribution < -0.4 is 0 Å². The average molecular weight is 603 g/mol. The van der Waals surface area contributed by atoms with Crippen molar-refractivity contribution in [1.29, 1.82) is 0 Å². The molecule has 0 fully saturated rings. The minimum atomic E-state index is 0.284. The topological polar surface area (TPSA) is 40.5 Å². The number of hydrogen-bond acceptors (Lipinski definition) is 2. The number of aliphatic hydroxyl groups is 2. The lowest BCUT2D eigenvalue weighted by atomic mass is 10.2. The van der Waals surface area contributed by atoms with Crippen molar-refractivity contribution in [1.82, 2.24) is 0 Å². The zero-order valence-electron chi connectivity index (χ0n) is 28.3. The number of aliphatic hydroxyl groups excluding tert-OH is 2. The maximum Gasteiger partial charge on any atom is 0.0433 e. The Labute approximate surface area is 273 Å². The Balaban J connectivity index is 0. The van der Waals surface area contributed by atoms with Crippen LogP contribution in [0.5, 0.6) is 0 Å². The Kier molecular flexibility index (Phi) is 43.7. The van der Waals surface area contributed by atoms with Crippen molar-refractivity contribution in [2.45, 2.75) is 117 Å². The third-order valence-electron chi connectivity index (χ3n) is 6.06. The van der Waals surface area contributed by atoms with Crippen LogP contribution >= 0.6 is 0 Å². The van der Waals surface area contributed by atoms with Crippen LogP contribution in [0.1, 0.15) is 117 Å². The molecule has 2 heteroatoms. The van der Waals surface area contributed by atoms with Crippen LogP contribution in [0.25, 0.3) is 0 Å². The molecule has 0 heterocycles. The summed E-state index contributed by atoms with van der Waals surface area (Å²) in [6.45, 7) is 4.91. The predicted octanol–water partition coefficient (Wildman–Crippen LogP) is 12.4. The molecule has 0 radical (unpaired) electrons. The van der Waals surface area contributed by atoms with E-state index in [0.29, 0.717) is 6.61 Å². The second kappa shape index (κ2) is 44.5. The van der Waals surface area contributed by atoms with Crippen LogP contribution in [0, 0.1) is 0 Å². The fourth-order valence-electron chi connectivity index (χ4n) is 3.59. The average Bonchev–Trinajstić information content (AvgIpc) is 3.04. The summed E-state index contributed by atoms with van der Waals surface area (Å²) in [5.74, 6) is 0. The van der Waals surface area contributed by atoms with E-state index in [-0.39, 0.29) is 6.61 Å². The van der Waals surface area contributed by atoms with Gasteiger partial charge in [-0.1, -0.05) is 148 Å². The van der Waals surface area contributed by atoms with Crippen molar-refractivity contribution in [2.24, 2.45) is 0 Å². The van der Waals surface area contributed by atoms with Gasteiger partial charge in [-0.25, -0.2) is 0 Å². The summed E-state index contributed by atoms with van der Waals surface area (Å²) in [4.78, 5) is 0. The molecule has 0 unspecified atom stereocenters. The smallest absolute Gasteiger partial charge is 0.0433 e. The van der Waals surface area contributed by atoms with Crippen LogP contribution in [-0.4, -0.2) is 23.4 Å². The lowest BCUT2D eigenvalue weighted by molar-refractivity contribution is 0.285. The summed E-state index contributed by atoms with van der Waals surface area (Å²) in [6, 6.07) is 0. The van der Waals surface area contributed by atoms with Crippen LogP contribution in [0.2, 0.25) is 0 Å². The molecule has 0 aromatic rings. The van der Waals surface area contributed by atoms with Gasteiger partial charge in [-0.3, -0.25) is 0 Å². The summed E-state index contributed by atoms with van der Waals surface area (Å²) in [7, 11) is 0. The second-order valence-electron chi connectivity index (χ2n) is 10.2. The minimum Gasteiger partial charge on any atom is -0.396 e. The molecule has 0 aliphatic rings. The second-order valence-corrected chi connectivity index (χ2v) is 10.2. The zero-order chi connectivity index (χ0) is 32.3. The zero-order valence-corrected chi connectivity index (χ0v) is 28.3. The maximum absolute atomic E-state index is 8.64. The SMILES string of the molecule is CC/C=C/C/C=C/C/C=C/C/C=C/C/C=C/CCCCO.CC/C=C\C/C=C\C/C=C\C/C=C\C/C=C\C/C=C\CCCO. The quantitative estimate of drug-likeness (QED) is 0.0725. The molecule has 44 heavy (non-hydrogen) atoms. The van der Waals surface area contributed by atoms with Gasteiger partial charge >= 0.3 is 0 Å². The molecule has 0 rings (SSSR count). The molecule has 0 aromatic carbocycles. The van der Waals surface area contributed by atoms with Crippen LogP contribution in [0.4, 0.5) is 0 Å². The molecule has 0 spiro atoms. The molecule has 246 valence electrons. The Hall–Kier alpha value is -2.94. The molecule has 0 aromatic heterocycles. The van der Waals surface area contributed by atoms with Gasteiger partial charge in [0.15, 0.2) is 0 Å². The van der Waals surface area contributed by atoms with Gasteiger partial charge in [-0.05, 0) is 103 Å². The van der Waals surface area contributed by atoms with E-state index >= 15 is 0 Å². The normalized spacial score (nSPS) is 13.2. The first-order valence-electron chi connectivity index (χ1n) is 17.2. The first kappa shape index (κ1) is 43.2. The van der Waals surface area contributed by atoms with Crippen molar-refractivity contribution < 1.29 is 10.2 Å². The molecule has 0 atom stereocenters. The van der Waals surface area contributed by atoms with Crippen LogP contribution in [0.3, 0.4) is 0 Å². The molecule has 0 amide bonds. The molecule has 0 bridgehead atoms. The number of unbranched alkanes of at least 4 members (excludes halogenated alkanes) is 3. The summed E-state index contributed by atoms with van der Waals surface area (Å²) < 4.78 is 0. The number of hydrogen-bond donors (Lipinski definition) is 2. The summed E-state index contributed by atoms with van der Waals surface area (Å²) in [5.41, 5.74) is 0. The van der Waals surface area contributed by atoms with Crippen molar-refractivity contribution in [3.63, 3.8) is 0 Å². The predicted molar refractivity (Wildman–Crippen MR) is 200 cm³/mol.